The lowest BCUT2D eigenvalue weighted by atomic mass is 9.89. The molecule has 2 aliphatic heterocycles. The number of morpholine rings is 1. The molecular weight excluding hydrogens is 306 g/mol. The van der Waals surface area contributed by atoms with E-state index in [0.29, 0.717) is 19.6 Å². The summed E-state index contributed by atoms with van der Waals surface area (Å²) in [7, 11) is 1.81. The maximum Gasteiger partial charge on any atom is 0.321 e. The number of aryl methyl sites for hydroxylation is 2. The first-order chi connectivity index (χ1) is 11.4. The van der Waals surface area contributed by atoms with E-state index in [9.17, 15) is 9.59 Å². The number of likely N-dealkylation sites (N-methyl/N-ethyl adjacent to an activating group) is 1. The smallest absolute Gasteiger partial charge is 0.321 e. The number of benzene rings is 1. The number of anilines is 1. The van der Waals surface area contributed by atoms with Crippen LogP contribution in [0.5, 0.6) is 0 Å². The number of rotatable bonds is 1. The van der Waals surface area contributed by atoms with Crippen LogP contribution in [0.1, 0.15) is 24.0 Å². The summed E-state index contributed by atoms with van der Waals surface area (Å²) in [5.74, 6) is 0.0238. The van der Waals surface area contributed by atoms with Gasteiger partial charge >= 0.3 is 6.03 Å². The molecule has 0 atom stereocenters. The first-order valence-electron chi connectivity index (χ1n) is 8.40. The van der Waals surface area contributed by atoms with Gasteiger partial charge in [-0.15, -0.1) is 0 Å². The monoisotopic (exact) mass is 331 g/mol. The van der Waals surface area contributed by atoms with E-state index in [4.69, 9.17) is 4.74 Å². The Balaban J connectivity index is 1.59. The van der Waals surface area contributed by atoms with Crippen LogP contribution in [0.3, 0.4) is 0 Å². The van der Waals surface area contributed by atoms with E-state index in [2.05, 4.69) is 5.32 Å². The van der Waals surface area contributed by atoms with Crippen molar-refractivity contribution in [1.82, 2.24) is 9.80 Å². The molecule has 2 saturated heterocycles. The summed E-state index contributed by atoms with van der Waals surface area (Å²) >= 11 is 0. The highest BCUT2D eigenvalue weighted by Crippen LogP contribution is 2.30. The van der Waals surface area contributed by atoms with Crippen molar-refractivity contribution in [2.45, 2.75) is 32.3 Å². The van der Waals surface area contributed by atoms with Crippen molar-refractivity contribution >= 4 is 17.6 Å². The molecule has 2 aliphatic rings. The summed E-state index contributed by atoms with van der Waals surface area (Å²) in [6, 6.07) is 5.97. The van der Waals surface area contributed by atoms with E-state index in [1.54, 1.807) is 4.90 Å². The maximum absolute atomic E-state index is 12.5. The summed E-state index contributed by atoms with van der Waals surface area (Å²) in [5, 5.41) is 3.01. The molecule has 3 rings (SSSR count). The van der Waals surface area contributed by atoms with Gasteiger partial charge in [0.05, 0.1) is 5.60 Å². The predicted molar refractivity (Wildman–Crippen MR) is 92.1 cm³/mol. The number of likely N-dealkylation sites (tertiary alicyclic amines) is 1. The summed E-state index contributed by atoms with van der Waals surface area (Å²) in [5.41, 5.74) is 2.74. The van der Waals surface area contributed by atoms with Crippen LogP contribution in [0.4, 0.5) is 10.5 Å². The molecule has 0 aliphatic carbocycles. The van der Waals surface area contributed by atoms with Gasteiger partial charge in [-0.2, -0.15) is 0 Å². The molecule has 1 aromatic carbocycles. The third-order valence-electron chi connectivity index (χ3n) is 5.05. The minimum absolute atomic E-state index is 0.0238. The van der Waals surface area contributed by atoms with Gasteiger partial charge in [0.15, 0.2) is 0 Å². The van der Waals surface area contributed by atoms with Crippen molar-refractivity contribution in [2.24, 2.45) is 0 Å². The van der Waals surface area contributed by atoms with Crippen molar-refractivity contribution in [3.05, 3.63) is 29.3 Å². The number of amides is 3. The highest BCUT2D eigenvalue weighted by molar-refractivity contribution is 5.90. The molecule has 1 spiro atoms. The summed E-state index contributed by atoms with van der Waals surface area (Å²) in [6.07, 6.45) is 1.51. The lowest BCUT2D eigenvalue weighted by Crippen LogP contribution is -2.58. The standard InChI is InChI=1S/C18H25N3O3/c1-13-4-5-14(2)15(10-13)19-17(23)21-8-6-18(7-9-21)12-20(3)16(22)11-24-18/h4-5,10H,6-9,11-12H2,1-3H3,(H,19,23). The Labute approximate surface area is 142 Å². The van der Waals surface area contributed by atoms with Crippen LogP contribution < -0.4 is 5.32 Å². The highest BCUT2D eigenvalue weighted by atomic mass is 16.5. The molecule has 0 radical (unpaired) electrons. The molecule has 24 heavy (non-hydrogen) atoms. The predicted octanol–water partition coefficient (Wildman–Crippen LogP) is 2.16. The van der Waals surface area contributed by atoms with Gasteiger partial charge in [-0.3, -0.25) is 4.79 Å². The average molecular weight is 331 g/mol. The van der Waals surface area contributed by atoms with E-state index in [1.807, 2.05) is 44.0 Å². The normalized spacial score (nSPS) is 20.4. The fourth-order valence-electron chi connectivity index (χ4n) is 3.38. The Hall–Kier alpha value is -2.08. The average Bonchev–Trinajstić information content (AvgIpc) is 2.55. The lowest BCUT2D eigenvalue weighted by Gasteiger charge is -2.46. The van der Waals surface area contributed by atoms with E-state index < -0.39 is 0 Å². The molecule has 6 heteroatoms. The summed E-state index contributed by atoms with van der Waals surface area (Å²) in [6.45, 7) is 6.03. The number of nitrogens with one attached hydrogen (secondary N) is 1. The Morgan fingerprint density at radius 3 is 2.62 bits per heavy atom. The summed E-state index contributed by atoms with van der Waals surface area (Å²) < 4.78 is 5.82. The third-order valence-corrected chi connectivity index (χ3v) is 5.05. The molecule has 1 aromatic rings. The molecule has 0 saturated carbocycles. The molecule has 0 aromatic heterocycles. The van der Waals surface area contributed by atoms with Crippen molar-refractivity contribution in [3.63, 3.8) is 0 Å². The third kappa shape index (κ3) is 3.38. The van der Waals surface area contributed by atoms with E-state index in [1.165, 1.54) is 0 Å². The van der Waals surface area contributed by atoms with Gasteiger partial charge in [0.2, 0.25) is 5.91 Å². The first kappa shape index (κ1) is 16.8. The number of ether oxygens (including phenoxy) is 1. The molecular formula is C18H25N3O3. The van der Waals surface area contributed by atoms with Crippen molar-refractivity contribution < 1.29 is 14.3 Å². The van der Waals surface area contributed by atoms with E-state index in [-0.39, 0.29) is 24.1 Å². The molecule has 2 heterocycles. The van der Waals surface area contributed by atoms with Gasteiger partial charge < -0.3 is 19.9 Å². The van der Waals surface area contributed by atoms with Gasteiger partial charge in [-0.1, -0.05) is 12.1 Å². The molecule has 130 valence electrons. The molecule has 0 bridgehead atoms. The lowest BCUT2D eigenvalue weighted by molar-refractivity contribution is -0.167. The molecule has 6 nitrogen and oxygen atoms in total. The second kappa shape index (κ2) is 6.43. The highest BCUT2D eigenvalue weighted by Gasteiger charge is 2.42. The number of nitrogens with zero attached hydrogens (tertiary/aromatic N) is 2. The molecule has 2 fully saturated rings. The fourth-order valence-corrected chi connectivity index (χ4v) is 3.38. The second-order valence-corrected chi connectivity index (χ2v) is 6.96. The van der Waals surface area contributed by atoms with Gasteiger partial charge in [-0.05, 0) is 43.9 Å². The van der Waals surface area contributed by atoms with Crippen LogP contribution in [0.2, 0.25) is 0 Å². The number of piperidine rings is 1. The molecule has 1 N–H and O–H groups in total. The van der Waals surface area contributed by atoms with Crippen LogP contribution in [0.15, 0.2) is 18.2 Å². The second-order valence-electron chi connectivity index (χ2n) is 6.96. The van der Waals surface area contributed by atoms with Gasteiger partial charge in [0.1, 0.15) is 6.61 Å². The fraction of sp³-hybridized carbons (Fsp3) is 0.556. The molecule has 0 unspecified atom stereocenters. The number of carbonyl (C=O) groups is 2. The zero-order valence-corrected chi connectivity index (χ0v) is 14.6. The van der Waals surface area contributed by atoms with Crippen molar-refractivity contribution in [3.8, 4) is 0 Å². The minimum atomic E-state index is -0.293. The number of hydrogen-bond donors (Lipinski definition) is 1. The van der Waals surface area contributed by atoms with E-state index >= 15 is 0 Å². The summed E-state index contributed by atoms with van der Waals surface area (Å²) in [4.78, 5) is 27.7. The minimum Gasteiger partial charge on any atom is -0.363 e. The van der Waals surface area contributed by atoms with Gasteiger partial charge in [0.25, 0.3) is 0 Å². The number of urea groups is 1. The van der Waals surface area contributed by atoms with Crippen LogP contribution in [0, 0.1) is 13.8 Å². The maximum atomic E-state index is 12.5. The van der Waals surface area contributed by atoms with E-state index in [0.717, 1.165) is 29.7 Å². The molecule has 3 amide bonds. The van der Waals surface area contributed by atoms with Crippen molar-refractivity contribution in [1.29, 1.82) is 0 Å². The van der Waals surface area contributed by atoms with Crippen LogP contribution in [-0.2, 0) is 9.53 Å². The Bertz CT molecular complexity index is 651. The Kier molecular flexibility index (Phi) is 4.49. The van der Waals surface area contributed by atoms with Crippen LogP contribution >= 0.6 is 0 Å². The topological polar surface area (TPSA) is 61.9 Å². The van der Waals surface area contributed by atoms with Crippen LogP contribution in [-0.4, -0.2) is 60.6 Å². The first-order valence-corrected chi connectivity index (χ1v) is 8.40. The van der Waals surface area contributed by atoms with Crippen LogP contribution in [0.25, 0.3) is 0 Å². The SMILES string of the molecule is Cc1ccc(C)c(NC(=O)N2CCC3(CC2)CN(C)C(=O)CO3)c1. The quantitative estimate of drug-likeness (QED) is 0.858. The van der Waals surface area contributed by atoms with Gasteiger partial charge in [0, 0.05) is 32.4 Å². The zero-order valence-electron chi connectivity index (χ0n) is 14.6. The number of hydrogen-bond acceptors (Lipinski definition) is 3. The Morgan fingerprint density at radius 2 is 1.96 bits per heavy atom. The number of carbonyl (C=O) groups excluding carboxylic acids is 2. The van der Waals surface area contributed by atoms with Crippen molar-refractivity contribution in [2.75, 3.05) is 38.6 Å². The Morgan fingerprint density at radius 1 is 1.25 bits per heavy atom. The zero-order chi connectivity index (χ0) is 17.3. The largest absolute Gasteiger partial charge is 0.363 e. The van der Waals surface area contributed by atoms with Gasteiger partial charge in [-0.25, -0.2) is 4.79 Å².